The van der Waals surface area contributed by atoms with Crippen molar-refractivity contribution in [3.05, 3.63) is 28.8 Å². The largest absolute Gasteiger partial charge is 0.480 e. The van der Waals surface area contributed by atoms with E-state index in [4.69, 9.17) is 16.7 Å². The number of benzene rings is 1. The third kappa shape index (κ3) is 4.78. The number of anilines is 1. The van der Waals surface area contributed by atoms with Gasteiger partial charge >= 0.3 is 5.97 Å². The Labute approximate surface area is 117 Å². The van der Waals surface area contributed by atoms with Crippen LogP contribution in [0.1, 0.15) is 18.9 Å². The van der Waals surface area contributed by atoms with Gasteiger partial charge in [0.1, 0.15) is 6.04 Å². The molecule has 0 unspecified atom stereocenters. The van der Waals surface area contributed by atoms with Gasteiger partial charge in [0, 0.05) is 10.7 Å². The van der Waals surface area contributed by atoms with Crippen LogP contribution in [0.3, 0.4) is 0 Å². The Morgan fingerprint density at radius 3 is 2.78 bits per heavy atom. The highest BCUT2D eigenvalue weighted by Crippen LogP contribution is 2.21. The third-order valence-corrected chi connectivity index (χ3v) is 3.48. The van der Waals surface area contributed by atoms with Crippen molar-refractivity contribution in [1.29, 1.82) is 0 Å². The molecular weight excluding hydrogens is 270 g/mol. The number of nitrogens with one attached hydrogen (secondary N) is 1. The Morgan fingerprint density at radius 1 is 1.50 bits per heavy atom. The zero-order chi connectivity index (χ0) is 13.5. The second kappa shape index (κ2) is 7.54. The SMILES string of the molecule is CCc1cc(Cl)cc(N[C@H](CCSC)C(=O)O)c1. The molecule has 1 aromatic rings. The van der Waals surface area contributed by atoms with E-state index < -0.39 is 12.0 Å². The highest BCUT2D eigenvalue weighted by Gasteiger charge is 2.16. The molecule has 18 heavy (non-hydrogen) atoms. The lowest BCUT2D eigenvalue weighted by molar-refractivity contribution is -0.137. The van der Waals surface area contributed by atoms with Crippen LogP contribution in [-0.4, -0.2) is 29.1 Å². The minimum Gasteiger partial charge on any atom is -0.480 e. The van der Waals surface area contributed by atoms with Crippen LogP contribution < -0.4 is 5.32 Å². The average Bonchev–Trinajstić information content (AvgIpc) is 2.33. The molecule has 1 aromatic carbocycles. The molecule has 0 aliphatic heterocycles. The first kappa shape index (κ1) is 15.2. The summed E-state index contributed by atoms with van der Waals surface area (Å²) in [5.41, 5.74) is 1.87. The zero-order valence-corrected chi connectivity index (χ0v) is 12.1. The summed E-state index contributed by atoms with van der Waals surface area (Å²) in [4.78, 5) is 11.1. The van der Waals surface area contributed by atoms with E-state index >= 15 is 0 Å². The highest BCUT2D eigenvalue weighted by molar-refractivity contribution is 7.98. The van der Waals surface area contributed by atoms with Gasteiger partial charge in [-0.25, -0.2) is 4.79 Å². The lowest BCUT2D eigenvalue weighted by atomic mass is 10.1. The van der Waals surface area contributed by atoms with Crippen LogP contribution in [0.15, 0.2) is 18.2 Å². The predicted molar refractivity (Wildman–Crippen MR) is 78.9 cm³/mol. The molecule has 0 heterocycles. The quantitative estimate of drug-likeness (QED) is 0.805. The second-order valence-corrected chi connectivity index (χ2v) is 5.44. The Kier molecular flexibility index (Phi) is 6.36. The topological polar surface area (TPSA) is 49.3 Å². The van der Waals surface area contributed by atoms with Crippen molar-refractivity contribution in [2.24, 2.45) is 0 Å². The minimum absolute atomic E-state index is 0.569. The van der Waals surface area contributed by atoms with Crippen LogP contribution >= 0.6 is 23.4 Å². The monoisotopic (exact) mass is 287 g/mol. The number of aliphatic carboxylic acids is 1. The van der Waals surface area contributed by atoms with E-state index in [-0.39, 0.29) is 0 Å². The van der Waals surface area contributed by atoms with Gasteiger partial charge in [0.05, 0.1) is 0 Å². The van der Waals surface area contributed by atoms with Gasteiger partial charge in [-0.05, 0) is 48.6 Å². The molecule has 100 valence electrons. The second-order valence-electron chi connectivity index (χ2n) is 4.02. The maximum atomic E-state index is 11.1. The molecule has 0 bridgehead atoms. The fourth-order valence-electron chi connectivity index (χ4n) is 1.63. The fraction of sp³-hybridized carbons (Fsp3) is 0.462. The molecule has 1 atom stereocenters. The van der Waals surface area contributed by atoms with Crippen molar-refractivity contribution >= 4 is 35.0 Å². The van der Waals surface area contributed by atoms with E-state index in [9.17, 15) is 4.79 Å². The van der Waals surface area contributed by atoms with Crippen LogP contribution in [0.25, 0.3) is 0 Å². The van der Waals surface area contributed by atoms with Gasteiger partial charge in [-0.3, -0.25) is 0 Å². The molecule has 0 aromatic heterocycles. The minimum atomic E-state index is -0.831. The van der Waals surface area contributed by atoms with E-state index in [1.807, 2.05) is 25.3 Å². The first-order valence-electron chi connectivity index (χ1n) is 5.84. The summed E-state index contributed by atoms with van der Waals surface area (Å²) in [6, 6.07) is 5.03. The summed E-state index contributed by atoms with van der Waals surface area (Å²) in [5, 5.41) is 12.8. The van der Waals surface area contributed by atoms with Crippen LogP contribution in [0.5, 0.6) is 0 Å². The van der Waals surface area contributed by atoms with Gasteiger partial charge < -0.3 is 10.4 Å². The zero-order valence-electron chi connectivity index (χ0n) is 10.6. The lowest BCUT2D eigenvalue weighted by Gasteiger charge is -2.16. The van der Waals surface area contributed by atoms with Crippen LogP contribution in [-0.2, 0) is 11.2 Å². The Morgan fingerprint density at radius 2 is 2.22 bits per heavy atom. The van der Waals surface area contributed by atoms with Gasteiger partial charge in [0.25, 0.3) is 0 Å². The normalized spacial score (nSPS) is 12.2. The summed E-state index contributed by atoms with van der Waals surface area (Å²) in [7, 11) is 0. The molecule has 3 nitrogen and oxygen atoms in total. The molecule has 0 fully saturated rings. The number of carbonyl (C=O) groups is 1. The molecule has 2 N–H and O–H groups in total. The number of thioether (sulfide) groups is 1. The molecule has 0 spiro atoms. The smallest absolute Gasteiger partial charge is 0.326 e. The maximum Gasteiger partial charge on any atom is 0.326 e. The molecule has 0 aliphatic carbocycles. The predicted octanol–water partition coefficient (Wildman–Crippen LogP) is 3.52. The first-order chi connectivity index (χ1) is 8.56. The van der Waals surface area contributed by atoms with Crippen molar-refractivity contribution < 1.29 is 9.90 Å². The van der Waals surface area contributed by atoms with Gasteiger partial charge in [-0.2, -0.15) is 11.8 Å². The summed E-state index contributed by atoms with van der Waals surface area (Å²) in [5.74, 6) is -0.0207. The van der Waals surface area contributed by atoms with Crippen molar-refractivity contribution in [3.8, 4) is 0 Å². The number of rotatable bonds is 7. The molecule has 0 saturated heterocycles. The van der Waals surface area contributed by atoms with E-state index in [1.54, 1.807) is 17.8 Å². The van der Waals surface area contributed by atoms with Crippen molar-refractivity contribution in [2.75, 3.05) is 17.3 Å². The summed E-state index contributed by atoms with van der Waals surface area (Å²) in [6.07, 6.45) is 3.43. The molecule has 0 saturated carbocycles. The Balaban J connectivity index is 2.79. The van der Waals surface area contributed by atoms with Crippen molar-refractivity contribution in [3.63, 3.8) is 0 Å². The molecule has 0 aliphatic rings. The van der Waals surface area contributed by atoms with E-state index in [1.165, 1.54) is 0 Å². The van der Waals surface area contributed by atoms with E-state index in [2.05, 4.69) is 5.32 Å². The van der Waals surface area contributed by atoms with E-state index in [0.29, 0.717) is 11.4 Å². The standard InChI is InChI=1S/C13H18ClNO2S/c1-3-9-6-10(14)8-11(7-9)15-12(13(16)17)4-5-18-2/h6-8,12,15H,3-5H2,1-2H3,(H,16,17)/t12-/m1/s1. The van der Waals surface area contributed by atoms with Crippen molar-refractivity contribution in [2.45, 2.75) is 25.8 Å². The summed E-state index contributed by atoms with van der Waals surface area (Å²) < 4.78 is 0. The van der Waals surface area contributed by atoms with Crippen molar-refractivity contribution in [1.82, 2.24) is 0 Å². The fourth-order valence-corrected chi connectivity index (χ4v) is 2.36. The summed E-state index contributed by atoms with van der Waals surface area (Å²) >= 11 is 7.64. The molecule has 5 heteroatoms. The number of halogens is 1. The summed E-state index contributed by atoms with van der Waals surface area (Å²) in [6.45, 7) is 2.04. The first-order valence-corrected chi connectivity index (χ1v) is 7.61. The van der Waals surface area contributed by atoms with Gasteiger partial charge in [-0.15, -0.1) is 0 Å². The van der Waals surface area contributed by atoms with Crippen LogP contribution in [0.4, 0.5) is 5.69 Å². The van der Waals surface area contributed by atoms with Gasteiger partial charge in [-0.1, -0.05) is 18.5 Å². The molecule has 0 amide bonds. The number of aryl methyl sites for hydroxylation is 1. The Hall–Kier alpha value is -0.870. The number of hydrogen-bond donors (Lipinski definition) is 2. The van der Waals surface area contributed by atoms with Crippen LogP contribution in [0, 0.1) is 0 Å². The third-order valence-electron chi connectivity index (χ3n) is 2.62. The van der Waals surface area contributed by atoms with Crippen LogP contribution in [0.2, 0.25) is 5.02 Å². The molecular formula is C13H18ClNO2S. The highest BCUT2D eigenvalue weighted by atomic mass is 35.5. The average molecular weight is 288 g/mol. The van der Waals surface area contributed by atoms with E-state index in [0.717, 1.165) is 23.4 Å². The van der Waals surface area contributed by atoms with Gasteiger partial charge in [0.2, 0.25) is 0 Å². The van der Waals surface area contributed by atoms with Gasteiger partial charge in [0.15, 0.2) is 0 Å². The molecule has 0 radical (unpaired) electrons. The lowest BCUT2D eigenvalue weighted by Crippen LogP contribution is -2.29. The maximum absolute atomic E-state index is 11.1. The Bertz CT molecular complexity index is 412. The number of carboxylic acids is 1. The molecule has 1 rings (SSSR count). The number of hydrogen-bond acceptors (Lipinski definition) is 3. The number of carboxylic acid groups (broad SMARTS) is 1.